The van der Waals surface area contributed by atoms with Gasteiger partial charge in [0.05, 0.1) is 0 Å². The Balaban J connectivity index is 2.55. The molecule has 0 aliphatic heterocycles. The van der Waals surface area contributed by atoms with Crippen molar-refractivity contribution < 1.29 is 0 Å². The zero-order valence-corrected chi connectivity index (χ0v) is 10.4. The molecule has 2 aromatic heterocycles. The second kappa shape index (κ2) is 4.95. The van der Waals surface area contributed by atoms with Crippen molar-refractivity contribution >= 4 is 5.82 Å². The second-order valence-corrected chi connectivity index (χ2v) is 4.10. The van der Waals surface area contributed by atoms with Crippen molar-refractivity contribution in [2.24, 2.45) is 0 Å². The number of aromatic nitrogens is 4. The highest BCUT2D eigenvalue weighted by molar-refractivity contribution is 5.53. The Kier molecular flexibility index (Phi) is 3.37. The molecule has 90 valence electrons. The molecule has 0 amide bonds. The van der Waals surface area contributed by atoms with Gasteiger partial charge in [0.2, 0.25) is 0 Å². The molecule has 0 saturated carbocycles. The van der Waals surface area contributed by atoms with Gasteiger partial charge in [0.1, 0.15) is 12.1 Å². The van der Waals surface area contributed by atoms with Crippen LogP contribution < -0.4 is 5.32 Å². The van der Waals surface area contributed by atoms with Crippen molar-refractivity contribution in [3.8, 4) is 5.82 Å². The first-order chi connectivity index (χ1) is 8.24. The SMILES string of the molecule is CCNc1ncnc(-n2cccn2)c1C(C)C. The number of nitrogens with zero attached hydrogens (tertiary/aromatic N) is 4. The maximum absolute atomic E-state index is 4.33. The molecule has 2 rings (SSSR count). The van der Waals surface area contributed by atoms with Crippen LogP contribution in [0, 0.1) is 0 Å². The van der Waals surface area contributed by atoms with Crippen molar-refractivity contribution in [1.29, 1.82) is 0 Å². The lowest BCUT2D eigenvalue weighted by Crippen LogP contribution is -2.11. The standard InChI is InChI=1S/C12H17N5/c1-4-13-11-10(9(2)3)12(15-8-14-11)17-7-5-6-16-17/h5-9H,4H2,1-3H3,(H,13,14,15). The zero-order valence-electron chi connectivity index (χ0n) is 10.4. The molecular weight excluding hydrogens is 214 g/mol. The van der Waals surface area contributed by atoms with Gasteiger partial charge in [0, 0.05) is 24.5 Å². The third-order valence-corrected chi connectivity index (χ3v) is 2.51. The Labute approximate surface area is 101 Å². The van der Waals surface area contributed by atoms with E-state index in [1.54, 1.807) is 17.2 Å². The summed E-state index contributed by atoms with van der Waals surface area (Å²) in [5.74, 6) is 2.07. The third kappa shape index (κ3) is 2.27. The molecule has 5 heteroatoms. The van der Waals surface area contributed by atoms with Gasteiger partial charge in [-0.05, 0) is 18.9 Å². The van der Waals surface area contributed by atoms with E-state index in [9.17, 15) is 0 Å². The molecule has 2 heterocycles. The van der Waals surface area contributed by atoms with Crippen LogP contribution in [-0.4, -0.2) is 26.3 Å². The molecule has 0 aromatic carbocycles. The Morgan fingerprint density at radius 1 is 1.35 bits per heavy atom. The third-order valence-electron chi connectivity index (χ3n) is 2.51. The number of nitrogens with one attached hydrogen (secondary N) is 1. The van der Waals surface area contributed by atoms with Crippen LogP contribution in [0.1, 0.15) is 32.3 Å². The van der Waals surface area contributed by atoms with E-state index in [2.05, 4.69) is 41.2 Å². The topological polar surface area (TPSA) is 55.6 Å². The molecule has 0 unspecified atom stereocenters. The molecule has 0 saturated heterocycles. The minimum Gasteiger partial charge on any atom is -0.370 e. The van der Waals surface area contributed by atoms with E-state index in [4.69, 9.17) is 0 Å². The smallest absolute Gasteiger partial charge is 0.162 e. The Morgan fingerprint density at radius 2 is 2.18 bits per heavy atom. The Hall–Kier alpha value is -1.91. The first kappa shape index (κ1) is 11.6. The molecule has 0 aliphatic rings. The second-order valence-electron chi connectivity index (χ2n) is 4.10. The summed E-state index contributed by atoms with van der Waals surface area (Å²) < 4.78 is 1.78. The van der Waals surface area contributed by atoms with Crippen molar-refractivity contribution in [3.63, 3.8) is 0 Å². The Bertz CT molecular complexity index is 476. The van der Waals surface area contributed by atoms with Crippen molar-refractivity contribution in [2.45, 2.75) is 26.7 Å². The van der Waals surface area contributed by atoms with Crippen LogP contribution in [-0.2, 0) is 0 Å². The highest BCUT2D eigenvalue weighted by atomic mass is 15.3. The quantitative estimate of drug-likeness (QED) is 0.876. The van der Waals surface area contributed by atoms with Gasteiger partial charge in [-0.2, -0.15) is 5.10 Å². The summed E-state index contributed by atoms with van der Waals surface area (Å²) in [5.41, 5.74) is 1.10. The summed E-state index contributed by atoms with van der Waals surface area (Å²) >= 11 is 0. The van der Waals surface area contributed by atoms with Gasteiger partial charge in [-0.3, -0.25) is 0 Å². The van der Waals surface area contributed by atoms with Gasteiger partial charge in [-0.1, -0.05) is 13.8 Å². The lowest BCUT2D eigenvalue weighted by Gasteiger charge is -2.16. The minimum absolute atomic E-state index is 0.337. The normalized spacial score (nSPS) is 10.8. The lowest BCUT2D eigenvalue weighted by atomic mass is 10.0. The average molecular weight is 231 g/mol. The van der Waals surface area contributed by atoms with Gasteiger partial charge in [0.25, 0.3) is 0 Å². The van der Waals surface area contributed by atoms with Crippen molar-refractivity contribution in [1.82, 2.24) is 19.7 Å². The van der Waals surface area contributed by atoms with Crippen LogP contribution >= 0.6 is 0 Å². The molecule has 0 radical (unpaired) electrons. The van der Waals surface area contributed by atoms with Crippen LogP contribution in [0.3, 0.4) is 0 Å². The molecule has 2 aromatic rings. The molecule has 0 aliphatic carbocycles. The Morgan fingerprint density at radius 3 is 2.76 bits per heavy atom. The minimum atomic E-state index is 0.337. The predicted molar refractivity (Wildman–Crippen MR) is 67.4 cm³/mol. The zero-order chi connectivity index (χ0) is 12.3. The van der Waals surface area contributed by atoms with Crippen LogP contribution in [0.25, 0.3) is 5.82 Å². The largest absolute Gasteiger partial charge is 0.370 e. The number of anilines is 1. The predicted octanol–water partition coefficient (Wildman–Crippen LogP) is 2.22. The maximum Gasteiger partial charge on any atom is 0.162 e. The van der Waals surface area contributed by atoms with E-state index in [1.807, 2.05) is 12.3 Å². The number of rotatable bonds is 4. The summed E-state index contributed by atoms with van der Waals surface area (Å²) in [5, 5.41) is 7.50. The van der Waals surface area contributed by atoms with Crippen LogP contribution in [0.15, 0.2) is 24.8 Å². The van der Waals surface area contributed by atoms with Gasteiger partial charge in [0.15, 0.2) is 5.82 Å². The molecule has 0 atom stereocenters. The van der Waals surface area contributed by atoms with E-state index >= 15 is 0 Å². The molecule has 5 nitrogen and oxygen atoms in total. The fourth-order valence-corrected chi connectivity index (χ4v) is 1.80. The monoisotopic (exact) mass is 231 g/mol. The fraction of sp³-hybridized carbons (Fsp3) is 0.417. The van der Waals surface area contributed by atoms with Gasteiger partial charge in [-0.25, -0.2) is 14.6 Å². The van der Waals surface area contributed by atoms with E-state index in [0.717, 1.165) is 23.7 Å². The molecule has 0 bridgehead atoms. The molecular formula is C12H17N5. The first-order valence-electron chi connectivity index (χ1n) is 5.82. The molecule has 1 N–H and O–H groups in total. The maximum atomic E-state index is 4.33. The molecule has 17 heavy (non-hydrogen) atoms. The fourth-order valence-electron chi connectivity index (χ4n) is 1.80. The van der Waals surface area contributed by atoms with Gasteiger partial charge < -0.3 is 5.32 Å². The van der Waals surface area contributed by atoms with Crippen molar-refractivity contribution in [3.05, 3.63) is 30.4 Å². The lowest BCUT2D eigenvalue weighted by molar-refractivity contribution is 0.773. The highest BCUT2D eigenvalue weighted by Gasteiger charge is 2.15. The van der Waals surface area contributed by atoms with E-state index in [0.29, 0.717) is 5.92 Å². The van der Waals surface area contributed by atoms with Gasteiger partial charge >= 0.3 is 0 Å². The van der Waals surface area contributed by atoms with Crippen LogP contribution in [0.5, 0.6) is 0 Å². The van der Waals surface area contributed by atoms with E-state index in [1.165, 1.54) is 0 Å². The van der Waals surface area contributed by atoms with Crippen LogP contribution in [0.4, 0.5) is 5.82 Å². The summed E-state index contributed by atoms with van der Waals surface area (Å²) in [6.07, 6.45) is 5.21. The number of hydrogen-bond acceptors (Lipinski definition) is 4. The molecule has 0 fully saturated rings. The summed E-state index contributed by atoms with van der Waals surface area (Å²) in [6, 6.07) is 1.89. The summed E-state index contributed by atoms with van der Waals surface area (Å²) in [7, 11) is 0. The van der Waals surface area contributed by atoms with Crippen LogP contribution in [0.2, 0.25) is 0 Å². The van der Waals surface area contributed by atoms with Crippen molar-refractivity contribution in [2.75, 3.05) is 11.9 Å². The van der Waals surface area contributed by atoms with E-state index < -0.39 is 0 Å². The summed E-state index contributed by atoms with van der Waals surface area (Å²) in [4.78, 5) is 8.63. The highest BCUT2D eigenvalue weighted by Crippen LogP contribution is 2.26. The van der Waals surface area contributed by atoms with E-state index in [-0.39, 0.29) is 0 Å². The number of hydrogen-bond donors (Lipinski definition) is 1. The molecule has 0 spiro atoms. The average Bonchev–Trinajstić information content (AvgIpc) is 2.82. The summed E-state index contributed by atoms with van der Waals surface area (Å²) in [6.45, 7) is 7.16. The first-order valence-corrected chi connectivity index (χ1v) is 5.82. The van der Waals surface area contributed by atoms with Gasteiger partial charge in [-0.15, -0.1) is 0 Å².